The van der Waals surface area contributed by atoms with Crippen molar-refractivity contribution < 1.29 is 9.53 Å². The van der Waals surface area contributed by atoms with Crippen LogP contribution in [0.4, 0.5) is 0 Å². The predicted molar refractivity (Wildman–Crippen MR) is 109 cm³/mol. The first-order valence-corrected chi connectivity index (χ1v) is 10.8. The molecule has 0 bridgehead atoms. The molecule has 1 saturated carbocycles. The van der Waals surface area contributed by atoms with E-state index in [1.807, 2.05) is 6.92 Å². The Morgan fingerprint density at radius 3 is 2.97 bits per heavy atom. The third-order valence-electron chi connectivity index (χ3n) is 6.56. The summed E-state index contributed by atoms with van der Waals surface area (Å²) in [6, 6.07) is 6.55. The fourth-order valence-corrected chi connectivity index (χ4v) is 5.03. The van der Waals surface area contributed by atoms with Crippen LogP contribution in [0.3, 0.4) is 0 Å². The second-order valence-corrected chi connectivity index (χ2v) is 8.72. The lowest BCUT2D eigenvalue weighted by atomic mass is 10.0. The number of aromatic nitrogens is 3. The van der Waals surface area contributed by atoms with Crippen LogP contribution in [0.1, 0.15) is 54.4 Å². The number of ether oxygens (including phenoxy) is 1. The summed E-state index contributed by atoms with van der Waals surface area (Å²) in [5.41, 5.74) is 2.59. The summed E-state index contributed by atoms with van der Waals surface area (Å²) in [5, 5.41) is 10.7. The average Bonchev–Trinajstić information content (AvgIpc) is 3.49. The van der Waals surface area contributed by atoms with Gasteiger partial charge in [-0.15, -0.1) is 0 Å². The SMILES string of the molecule is Cc1nc([C@@H]2CN(Cc3ccc4c(c3)CCO4)C[C@H]2NC(=O)C2CCCC2)n[nH]1. The lowest BCUT2D eigenvalue weighted by Crippen LogP contribution is -2.42. The number of amides is 1. The molecular weight excluding hydrogens is 366 g/mol. The van der Waals surface area contributed by atoms with Crippen molar-refractivity contribution in [3.8, 4) is 5.75 Å². The zero-order chi connectivity index (χ0) is 19.8. The lowest BCUT2D eigenvalue weighted by Gasteiger charge is -2.20. The first kappa shape index (κ1) is 18.6. The van der Waals surface area contributed by atoms with E-state index >= 15 is 0 Å². The molecule has 1 aromatic carbocycles. The molecule has 3 heterocycles. The monoisotopic (exact) mass is 395 g/mol. The van der Waals surface area contributed by atoms with Crippen molar-refractivity contribution in [2.75, 3.05) is 19.7 Å². The molecule has 1 amide bonds. The third kappa shape index (κ3) is 3.88. The van der Waals surface area contributed by atoms with E-state index in [1.54, 1.807) is 0 Å². The van der Waals surface area contributed by atoms with Crippen LogP contribution in [-0.2, 0) is 17.8 Å². The van der Waals surface area contributed by atoms with Gasteiger partial charge >= 0.3 is 0 Å². The summed E-state index contributed by atoms with van der Waals surface area (Å²) < 4.78 is 5.63. The van der Waals surface area contributed by atoms with E-state index in [2.05, 4.69) is 43.6 Å². The Balaban J connectivity index is 1.31. The number of nitrogens with zero attached hydrogens (tertiary/aromatic N) is 3. The molecule has 1 saturated heterocycles. The van der Waals surface area contributed by atoms with Crippen molar-refractivity contribution >= 4 is 5.91 Å². The molecule has 2 atom stereocenters. The number of aryl methyl sites for hydroxylation is 1. The van der Waals surface area contributed by atoms with E-state index in [4.69, 9.17) is 4.74 Å². The number of fused-ring (bicyclic) bond motifs is 1. The molecule has 0 radical (unpaired) electrons. The lowest BCUT2D eigenvalue weighted by molar-refractivity contribution is -0.125. The summed E-state index contributed by atoms with van der Waals surface area (Å²) in [7, 11) is 0. The zero-order valence-electron chi connectivity index (χ0n) is 17.0. The zero-order valence-corrected chi connectivity index (χ0v) is 17.0. The number of likely N-dealkylation sites (tertiary alicyclic amines) is 1. The normalized spacial score (nSPS) is 24.6. The third-order valence-corrected chi connectivity index (χ3v) is 6.56. The first-order chi connectivity index (χ1) is 14.2. The summed E-state index contributed by atoms with van der Waals surface area (Å²) >= 11 is 0. The quantitative estimate of drug-likeness (QED) is 0.812. The van der Waals surface area contributed by atoms with Gasteiger partial charge in [-0.3, -0.25) is 14.8 Å². The van der Waals surface area contributed by atoms with Crippen LogP contribution in [0.25, 0.3) is 0 Å². The number of H-pyrrole nitrogens is 1. The molecule has 5 rings (SSSR count). The van der Waals surface area contributed by atoms with Crippen LogP contribution in [0, 0.1) is 12.8 Å². The Kier molecular flexibility index (Phi) is 4.99. The highest BCUT2D eigenvalue weighted by Crippen LogP contribution is 2.31. The molecule has 2 aliphatic heterocycles. The average molecular weight is 396 g/mol. The van der Waals surface area contributed by atoms with Gasteiger partial charge in [0.25, 0.3) is 0 Å². The van der Waals surface area contributed by atoms with Gasteiger partial charge in [-0.25, -0.2) is 4.98 Å². The van der Waals surface area contributed by atoms with Gasteiger partial charge in [-0.05, 0) is 37.0 Å². The molecule has 2 fully saturated rings. The predicted octanol–water partition coefficient (Wildman–Crippen LogP) is 2.32. The molecule has 1 aromatic heterocycles. The van der Waals surface area contributed by atoms with Gasteiger partial charge in [0, 0.05) is 32.0 Å². The smallest absolute Gasteiger partial charge is 0.223 e. The van der Waals surface area contributed by atoms with Crippen LogP contribution in [0.15, 0.2) is 18.2 Å². The first-order valence-electron chi connectivity index (χ1n) is 10.8. The Labute approximate surface area is 171 Å². The second-order valence-electron chi connectivity index (χ2n) is 8.72. The molecule has 3 aliphatic rings. The minimum absolute atomic E-state index is 0.0519. The Morgan fingerprint density at radius 2 is 2.17 bits per heavy atom. The largest absolute Gasteiger partial charge is 0.493 e. The van der Waals surface area contributed by atoms with E-state index < -0.39 is 0 Å². The van der Waals surface area contributed by atoms with Crippen molar-refractivity contribution in [3.63, 3.8) is 0 Å². The molecule has 154 valence electrons. The van der Waals surface area contributed by atoms with Crippen LogP contribution in [0.5, 0.6) is 5.75 Å². The standard InChI is InChI=1S/C22H29N5O2/c1-14-23-21(26-25-14)18-12-27(11-15-6-7-20-17(10-15)8-9-29-20)13-19(18)24-22(28)16-4-2-3-5-16/h6-7,10,16,18-19H,2-5,8-9,11-13H2,1H3,(H,24,28)(H,23,25,26)/t18-,19-/m1/s1. The molecule has 0 spiro atoms. The molecule has 7 nitrogen and oxygen atoms in total. The van der Waals surface area contributed by atoms with Gasteiger partial charge in [0.15, 0.2) is 5.82 Å². The number of nitrogens with one attached hydrogen (secondary N) is 2. The fraction of sp³-hybridized carbons (Fsp3) is 0.591. The number of rotatable bonds is 5. The topological polar surface area (TPSA) is 83.1 Å². The van der Waals surface area contributed by atoms with Gasteiger partial charge in [-0.2, -0.15) is 5.10 Å². The Morgan fingerprint density at radius 1 is 1.31 bits per heavy atom. The number of hydrogen-bond donors (Lipinski definition) is 2. The molecule has 1 aliphatic carbocycles. The van der Waals surface area contributed by atoms with Crippen LogP contribution >= 0.6 is 0 Å². The maximum atomic E-state index is 12.8. The van der Waals surface area contributed by atoms with Crippen molar-refractivity contribution in [3.05, 3.63) is 41.0 Å². The molecular formula is C22H29N5O2. The molecule has 29 heavy (non-hydrogen) atoms. The Hall–Kier alpha value is -2.41. The van der Waals surface area contributed by atoms with Gasteiger partial charge < -0.3 is 10.1 Å². The van der Waals surface area contributed by atoms with E-state index in [9.17, 15) is 4.79 Å². The maximum Gasteiger partial charge on any atom is 0.223 e. The second kappa shape index (κ2) is 7.78. The summed E-state index contributed by atoms with van der Waals surface area (Å²) in [4.78, 5) is 19.8. The maximum absolute atomic E-state index is 12.8. The number of benzene rings is 1. The van der Waals surface area contributed by atoms with Crippen LogP contribution in [0.2, 0.25) is 0 Å². The number of hydrogen-bond acceptors (Lipinski definition) is 5. The van der Waals surface area contributed by atoms with Gasteiger partial charge in [0.1, 0.15) is 11.6 Å². The van der Waals surface area contributed by atoms with Gasteiger partial charge in [0.05, 0.1) is 18.6 Å². The highest BCUT2D eigenvalue weighted by molar-refractivity contribution is 5.79. The summed E-state index contributed by atoms with van der Waals surface area (Å²) in [6.07, 6.45) is 5.36. The number of carbonyl (C=O) groups is 1. The van der Waals surface area contributed by atoms with Crippen LogP contribution < -0.4 is 10.1 Å². The highest BCUT2D eigenvalue weighted by atomic mass is 16.5. The van der Waals surface area contributed by atoms with Crippen molar-refractivity contribution in [1.29, 1.82) is 0 Å². The number of aromatic amines is 1. The fourth-order valence-electron chi connectivity index (χ4n) is 5.03. The minimum atomic E-state index is 0.0519. The summed E-state index contributed by atoms with van der Waals surface area (Å²) in [5.74, 6) is 3.15. The van der Waals surface area contributed by atoms with Crippen LogP contribution in [-0.4, -0.2) is 51.7 Å². The minimum Gasteiger partial charge on any atom is -0.493 e. The molecule has 2 N–H and O–H groups in total. The highest BCUT2D eigenvalue weighted by Gasteiger charge is 2.38. The van der Waals surface area contributed by atoms with E-state index in [-0.39, 0.29) is 23.8 Å². The Bertz CT molecular complexity index is 889. The van der Waals surface area contributed by atoms with Crippen molar-refractivity contribution in [1.82, 2.24) is 25.4 Å². The molecule has 2 aromatic rings. The summed E-state index contributed by atoms with van der Waals surface area (Å²) in [6.45, 7) is 5.24. The number of carbonyl (C=O) groups excluding carboxylic acids is 1. The van der Waals surface area contributed by atoms with E-state index in [0.717, 1.165) is 62.9 Å². The molecule has 7 heteroatoms. The van der Waals surface area contributed by atoms with Gasteiger partial charge in [0.2, 0.25) is 5.91 Å². The van der Waals surface area contributed by atoms with Crippen molar-refractivity contribution in [2.45, 2.75) is 57.5 Å². The molecule has 0 unspecified atom stereocenters. The van der Waals surface area contributed by atoms with E-state index in [1.165, 1.54) is 24.0 Å². The van der Waals surface area contributed by atoms with Crippen molar-refractivity contribution in [2.24, 2.45) is 5.92 Å². The van der Waals surface area contributed by atoms with E-state index in [0.29, 0.717) is 0 Å². The van der Waals surface area contributed by atoms with Gasteiger partial charge in [-0.1, -0.05) is 25.0 Å².